The predicted octanol–water partition coefficient (Wildman–Crippen LogP) is 1.73. The van der Waals surface area contributed by atoms with E-state index < -0.39 is 11.4 Å². The number of halogens is 1. The number of nitrogens with one attached hydrogen (secondary N) is 1. The number of hydrogen-bond acceptors (Lipinski definition) is 5. The molecule has 0 saturated carbocycles. The molecule has 0 aliphatic heterocycles. The van der Waals surface area contributed by atoms with Gasteiger partial charge in [0.2, 0.25) is 11.1 Å². The van der Waals surface area contributed by atoms with E-state index in [-0.39, 0.29) is 5.69 Å². The predicted molar refractivity (Wildman–Crippen MR) is 61.3 cm³/mol. The number of aromatic amines is 1. The van der Waals surface area contributed by atoms with Crippen LogP contribution in [0.15, 0.2) is 4.79 Å². The largest absolute Gasteiger partial charge is 0.464 e. The first-order chi connectivity index (χ1) is 7.56. The van der Waals surface area contributed by atoms with Crippen LogP contribution in [0.2, 0.25) is 4.34 Å². The maximum Gasteiger partial charge on any atom is 0.362 e. The molecule has 2 heterocycles. The van der Waals surface area contributed by atoms with Crippen molar-refractivity contribution >= 4 is 39.1 Å². The summed E-state index contributed by atoms with van der Waals surface area (Å²) in [5.74, 6) is -0.759. The van der Waals surface area contributed by atoms with Gasteiger partial charge in [-0.1, -0.05) is 11.6 Å². The molecule has 0 bridgehead atoms. The third-order valence-electron chi connectivity index (χ3n) is 2.18. The highest BCUT2D eigenvalue weighted by Crippen LogP contribution is 2.30. The van der Waals surface area contributed by atoms with Crippen LogP contribution in [0.1, 0.15) is 16.1 Å². The van der Waals surface area contributed by atoms with Gasteiger partial charge < -0.3 is 4.74 Å². The molecule has 2 aromatic rings. The van der Waals surface area contributed by atoms with E-state index in [0.717, 1.165) is 0 Å². The summed E-state index contributed by atoms with van der Waals surface area (Å²) >= 11 is 7.12. The molecule has 0 unspecified atom stereocenters. The fourth-order valence-corrected chi connectivity index (χ4v) is 2.55. The van der Waals surface area contributed by atoms with E-state index in [2.05, 4.69) is 14.9 Å². The molecule has 16 heavy (non-hydrogen) atoms. The summed E-state index contributed by atoms with van der Waals surface area (Å²) in [4.78, 5) is 23.7. The minimum Gasteiger partial charge on any atom is -0.464 e. The third kappa shape index (κ3) is 1.50. The van der Waals surface area contributed by atoms with E-state index in [1.807, 2.05) is 0 Å². The van der Waals surface area contributed by atoms with Gasteiger partial charge in [-0.2, -0.15) is 5.10 Å². The minimum absolute atomic E-state index is 0.257. The number of ether oxygens (including phenoxy) is 1. The van der Waals surface area contributed by atoms with Crippen LogP contribution in [-0.2, 0) is 4.74 Å². The standard InChI is InChI=1S/C9H7ClN2O3S/c1-3-4-6(13)5(9(14)15-2)11-12-8(4)16-7(3)10/h1-2H3,(H,12,13). The molecule has 0 fully saturated rings. The van der Waals surface area contributed by atoms with Crippen LogP contribution in [0, 0.1) is 6.92 Å². The highest BCUT2D eigenvalue weighted by Gasteiger charge is 2.19. The second kappa shape index (κ2) is 3.88. The van der Waals surface area contributed by atoms with Gasteiger partial charge in [0.15, 0.2) is 0 Å². The number of esters is 1. The molecule has 0 aliphatic rings. The quantitative estimate of drug-likeness (QED) is 0.791. The monoisotopic (exact) mass is 258 g/mol. The average Bonchev–Trinajstić information content (AvgIpc) is 2.55. The van der Waals surface area contributed by atoms with Crippen molar-refractivity contribution in [1.82, 2.24) is 10.2 Å². The SMILES string of the molecule is COC(=O)c1n[nH]c2sc(Cl)c(C)c2c1=O. The van der Waals surface area contributed by atoms with Crippen molar-refractivity contribution in [3.8, 4) is 0 Å². The second-order valence-electron chi connectivity index (χ2n) is 3.10. The van der Waals surface area contributed by atoms with Gasteiger partial charge in [-0.05, 0) is 12.5 Å². The molecule has 0 atom stereocenters. The number of methoxy groups -OCH3 is 1. The Morgan fingerprint density at radius 2 is 2.25 bits per heavy atom. The molecule has 0 spiro atoms. The van der Waals surface area contributed by atoms with Crippen LogP contribution >= 0.6 is 22.9 Å². The zero-order chi connectivity index (χ0) is 11.9. The first kappa shape index (κ1) is 11.1. The van der Waals surface area contributed by atoms with Crippen molar-refractivity contribution in [2.45, 2.75) is 6.92 Å². The van der Waals surface area contributed by atoms with E-state index in [4.69, 9.17) is 11.6 Å². The number of fused-ring (bicyclic) bond motifs is 1. The minimum atomic E-state index is -0.759. The molecule has 7 heteroatoms. The van der Waals surface area contributed by atoms with Gasteiger partial charge >= 0.3 is 5.97 Å². The second-order valence-corrected chi connectivity index (χ2v) is 4.72. The first-order valence-corrected chi connectivity index (χ1v) is 5.51. The molecular formula is C9H7ClN2O3S. The molecule has 1 N–H and O–H groups in total. The average molecular weight is 259 g/mol. The van der Waals surface area contributed by atoms with Crippen molar-refractivity contribution < 1.29 is 9.53 Å². The zero-order valence-corrected chi connectivity index (χ0v) is 10.0. The van der Waals surface area contributed by atoms with E-state index in [1.54, 1.807) is 6.92 Å². The Hall–Kier alpha value is -1.40. The highest BCUT2D eigenvalue weighted by molar-refractivity contribution is 7.22. The summed E-state index contributed by atoms with van der Waals surface area (Å²) in [6.45, 7) is 1.72. The van der Waals surface area contributed by atoms with Crippen molar-refractivity contribution in [3.63, 3.8) is 0 Å². The summed E-state index contributed by atoms with van der Waals surface area (Å²) < 4.78 is 4.97. The number of thiophene rings is 1. The molecule has 0 aliphatic carbocycles. The summed E-state index contributed by atoms with van der Waals surface area (Å²) in [5.41, 5.74) is -0.0655. The lowest BCUT2D eigenvalue weighted by Gasteiger charge is -1.97. The smallest absolute Gasteiger partial charge is 0.362 e. The van der Waals surface area contributed by atoms with Gasteiger partial charge in [0.25, 0.3) is 0 Å². The number of aryl methyl sites for hydroxylation is 1. The molecule has 2 aromatic heterocycles. The number of aromatic nitrogens is 2. The number of hydrogen-bond donors (Lipinski definition) is 1. The maximum absolute atomic E-state index is 11.9. The van der Waals surface area contributed by atoms with Gasteiger partial charge in [-0.15, -0.1) is 11.3 Å². The van der Waals surface area contributed by atoms with Crippen LogP contribution in [0.4, 0.5) is 0 Å². The van der Waals surface area contributed by atoms with E-state index in [9.17, 15) is 9.59 Å². The first-order valence-electron chi connectivity index (χ1n) is 4.32. The van der Waals surface area contributed by atoms with E-state index in [1.165, 1.54) is 18.4 Å². The third-order valence-corrected chi connectivity index (χ3v) is 3.68. The van der Waals surface area contributed by atoms with Gasteiger partial charge in [-0.25, -0.2) is 4.79 Å². The number of nitrogens with zero attached hydrogens (tertiary/aromatic N) is 1. The van der Waals surface area contributed by atoms with Crippen LogP contribution in [0.25, 0.3) is 10.2 Å². The van der Waals surface area contributed by atoms with Crippen molar-refractivity contribution in [2.24, 2.45) is 0 Å². The number of H-pyrrole nitrogens is 1. The molecule has 5 nitrogen and oxygen atoms in total. The summed E-state index contributed by atoms with van der Waals surface area (Å²) in [7, 11) is 1.20. The van der Waals surface area contributed by atoms with Crippen molar-refractivity contribution in [2.75, 3.05) is 7.11 Å². The lowest BCUT2D eigenvalue weighted by Crippen LogP contribution is -2.19. The lowest BCUT2D eigenvalue weighted by atomic mass is 10.2. The van der Waals surface area contributed by atoms with E-state index in [0.29, 0.717) is 20.1 Å². The Labute approximate surface area is 99.0 Å². The number of carbonyl (C=O) groups excluding carboxylic acids is 1. The Morgan fingerprint density at radius 3 is 2.88 bits per heavy atom. The fourth-order valence-electron chi connectivity index (χ4n) is 1.35. The Balaban J connectivity index is 2.84. The van der Waals surface area contributed by atoms with Crippen molar-refractivity contribution in [1.29, 1.82) is 0 Å². The molecule has 0 radical (unpaired) electrons. The molecule has 0 aromatic carbocycles. The Morgan fingerprint density at radius 1 is 1.56 bits per heavy atom. The van der Waals surface area contributed by atoms with Crippen LogP contribution < -0.4 is 5.43 Å². The normalized spacial score (nSPS) is 10.7. The van der Waals surface area contributed by atoms with Gasteiger partial charge in [0.05, 0.1) is 16.8 Å². The number of rotatable bonds is 1. The summed E-state index contributed by atoms with van der Waals surface area (Å²) in [5, 5.41) is 6.69. The van der Waals surface area contributed by atoms with Crippen LogP contribution in [-0.4, -0.2) is 23.3 Å². The summed E-state index contributed by atoms with van der Waals surface area (Å²) in [6, 6.07) is 0. The maximum atomic E-state index is 11.9. The van der Waals surface area contributed by atoms with Gasteiger partial charge in [0, 0.05) is 0 Å². The molecule has 0 saturated heterocycles. The van der Waals surface area contributed by atoms with E-state index >= 15 is 0 Å². The fraction of sp³-hybridized carbons (Fsp3) is 0.222. The highest BCUT2D eigenvalue weighted by atomic mass is 35.5. The van der Waals surface area contributed by atoms with Gasteiger partial charge in [0.1, 0.15) is 4.83 Å². The molecule has 0 amide bonds. The lowest BCUT2D eigenvalue weighted by molar-refractivity contribution is 0.0591. The molecule has 84 valence electrons. The number of carbonyl (C=O) groups is 1. The van der Waals surface area contributed by atoms with Crippen LogP contribution in [0.3, 0.4) is 0 Å². The Bertz CT molecular complexity index is 631. The van der Waals surface area contributed by atoms with Crippen LogP contribution in [0.5, 0.6) is 0 Å². The molecule has 2 rings (SSSR count). The topological polar surface area (TPSA) is 72.0 Å². The zero-order valence-electron chi connectivity index (χ0n) is 8.46. The van der Waals surface area contributed by atoms with Crippen molar-refractivity contribution in [3.05, 3.63) is 25.8 Å². The molecular weight excluding hydrogens is 252 g/mol. The summed E-state index contributed by atoms with van der Waals surface area (Å²) in [6.07, 6.45) is 0. The Kier molecular flexibility index (Phi) is 2.69. The van der Waals surface area contributed by atoms with Gasteiger partial charge in [-0.3, -0.25) is 9.89 Å².